The highest BCUT2D eigenvalue weighted by Crippen LogP contribution is 2.37. The topological polar surface area (TPSA) is 144 Å². The number of nitrogens with zero attached hydrogens (tertiary/aromatic N) is 1. The lowest BCUT2D eigenvalue weighted by Crippen LogP contribution is -2.45. The molecule has 0 saturated carbocycles. The van der Waals surface area contributed by atoms with Gasteiger partial charge in [0.1, 0.15) is 5.60 Å². The average Bonchev–Trinajstić information content (AvgIpc) is 3.30. The van der Waals surface area contributed by atoms with Crippen molar-refractivity contribution in [1.29, 1.82) is 0 Å². The maximum absolute atomic E-state index is 13.5. The first-order chi connectivity index (χ1) is 18.8. The van der Waals surface area contributed by atoms with Crippen molar-refractivity contribution in [2.45, 2.75) is 31.7 Å². The number of halogens is 4. The number of esters is 1. The number of ketones is 1. The Kier molecular flexibility index (Phi) is 9.47. The minimum Gasteiger partial charge on any atom is -0.455 e. The quantitative estimate of drug-likeness (QED) is 0.319. The van der Waals surface area contributed by atoms with Crippen LogP contribution in [0.5, 0.6) is 0 Å². The van der Waals surface area contributed by atoms with Crippen molar-refractivity contribution in [3.63, 3.8) is 0 Å². The third kappa shape index (κ3) is 7.04. The molecule has 1 aliphatic heterocycles. The lowest BCUT2D eigenvalue weighted by atomic mass is 10.0. The Labute approximate surface area is 238 Å². The van der Waals surface area contributed by atoms with Gasteiger partial charge in [-0.2, -0.15) is 13.2 Å². The number of carbonyl (C=O) groups is 3. The number of amides is 1. The number of fused-ring (bicyclic) bond motifs is 1. The summed E-state index contributed by atoms with van der Waals surface area (Å²) in [6.07, 6.45) is -6.20. The molecule has 0 spiro atoms. The number of ether oxygens (including phenoxy) is 2. The van der Waals surface area contributed by atoms with E-state index in [0.29, 0.717) is 11.1 Å². The summed E-state index contributed by atoms with van der Waals surface area (Å²) >= 11 is 0. The molecule has 220 valence electrons. The summed E-state index contributed by atoms with van der Waals surface area (Å²) in [5.41, 5.74) is 2.64. The Morgan fingerprint density at radius 1 is 1.12 bits per heavy atom. The molecule has 4 rings (SSSR count). The second-order valence-electron chi connectivity index (χ2n) is 9.73. The molecule has 41 heavy (non-hydrogen) atoms. The van der Waals surface area contributed by atoms with E-state index in [-0.39, 0.29) is 61.0 Å². The lowest BCUT2D eigenvalue weighted by Gasteiger charge is -2.29. The third-order valence-electron chi connectivity index (χ3n) is 6.45. The molecule has 0 unspecified atom stereocenters. The van der Waals surface area contributed by atoms with Crippen molar-refractivity contribution in [1.82, 2.24) is 10.3 Å². The van der Waals surface area contributed by atoms with Crippen LogP contribution in [0.15, 0.2) is 53.3 Å². The van der Waals surface area contributed by atoms with Crippen molar-refractivity contribution >= 4 is 46.7 Å². The number of nitrogens with two attached hydrogens (primary N) is 1. The zero-order valence-corrected chi connectivity index (χ0v) is 22.9. The Morgan fingerprint density at radius 2 is 1.83 bits per heavy atom. The molecule has 1 aromatic heterocycles. The van der Waals surface area contributed by atoms with E-state index in [9.17, 15) is 32.3 Å². The van der Waals surface area contributed by atoms with Gasteiger partial charge in [0.25, 0.3) is 5.56 Å². The summed E-state index contributed by atoms with van der Waals surface area (Å²) in [6.45, 7) is 2.65. The van der Waals surface area contributed by atoms with Crippen LogP contribution in [0, 0.1) is 0 Å². The Hall–Kier alpha value is -3.94. The predicted molar refractivity (Wildman–Crippen MR) is 147 cm³/mol. The summed E-state index contributed by atoms with van der Waals surface area (Å²) in [7, 11) is 0. The molecule has 14 heteroatoms. The highest BCUT2D eigenvalue weighted by Gasteiger charge is 2.44. The van der Waals surface area contributed by atoms with Crippen LogP contribution >= 0.6 is 12.4 Å². The molecule has 2 aromatic carbocycles. The molecule has 3 aromatic rings. The summed E-state index contributed by atoms with van der Waals surface area (Å²) in [5, 5.41) is 3.16. The van der Waals surface area contributed by atoms with E-state index in [0.717, 1.165) is 6.07 Å². The maximum Gasteiger partial charge on any atom is 0.417 e. The Balaban J connectivity index is 0.00000462. The molecule has 0 radical (unpaired) electrons. The van der Waals surface area contributed by atoms with Gasteiger partial charge in [-0.05, 0) is 43.5 Å². The first-order valence-electron chi connectivity index (χ1n) is 12.3. The molecule has 1 fully saturated rings. The molecule has 10 nitrogen and oxygen atoms in total. The van der Waals surface area contributed by atoms with Crippen LogP contribution in [0.2, 0.25) is 0 Å². The summed E-state index contributed by atoms with van der Waals surface area (Å²) in [5.74, 6) is -0.937. The van der Waals surface area contributed by atoms with Crippen LogP contribution in [0.25, 0.3) is 22.0 Å². The molecular weight excluding hydrogens is 569 g/mol. The van der Waals surface area contributed by atoms with Gasteiger partial charge in [0.2, 0.25) is 0 Å². The number of benzene rings is 2. The predicted octanol–water partition coefficient (Wildman–Crippen LogP) is 3.40. The number of H-pyrrole nitrogens is 1. The van der Waals surface area contributed by atoms with E-state index in [1.165, 1.54) is 41.3 Å². The number of cyclic esters (lactones) is 1. The maximum atomic E-state index is 13.5. The molecule has 0 aliphatic carbocycles. The number of Topliss-reactive ketones (excluding diaryl/α,β-unsaturated/α-hetero) is 1. The fourth-order valence-electron chi connectivity index (χ4n) is 4.33. The van der Waals surface area contributed by atoms with Gasteiger partial charge in [-0.15, -0.1) is 12.4 Å². The zero-order chi connectivity index (χ0) is 29.2. The van der Waals surface area contributed by atoms with Gasteiger partial charge in [0.15, 0.2) is 11.9 Å². The van der Waals surface area contributed by atoms with Crippen LogP contribution in [0.4, 0.5) is 23.7 Å². The number of aromatic amines is 1. The van der Waals surface area contributed by atoms with Gasteiger partial charge < -0.3 is 25.5 Å². The molecule has 1 aliphatic rings. The van der Waals surface area contributed by atoms with E-state index in [4.69, 9.17) is 15.2 Å². The van der Waals surface area contributed by atoms with Crippen LogP contribution in [0.1, 0.15) is 19.4 Å². The van der Waals surface area contributed by atoms with E-state index >= 15 is 0 Å². The van der Waals surface area contributed by atoms with Crippen LogP contribution in [-0.4, -0.2) is 60.7 Å². The standard InChI is InChI=1S/C27H27F3N4O6.ClH/c1-26(2,40-23(36)13-32-12-17(35)11-31)22-14-34(25(38)39-22)16-8-7-15-9-21(33-24(37)19(15)10-16)18-5-3-4-6-20(18)27(28,29)30;/h3-10,22,32H,11-14,31H2,1-2H3,(H,33,37);1H/t22-;/m0./s1. The van der Waals surface area contributed by atoms with Gasteiger partial charge in [0.05, 0.1) is 31.7 Å². The molecule has 0 bridgehead atoms. The van der Waals surface area contributed by atoms with Crippen molar-refractivity contribution in [2.24, 2.45) is 5.73 Å². The highest BCUT2D eigenvalue weighted by atomic mass is 35.5. The number of hydrogen-bond donors (Lipinski definition) is 3. The number of nitrogens with one attached hydrogen (secondary N) is 2. The number of anilines is 1. The van der Waals surface area contributed by atoms with Crippen LogP contribution in [-0.2, 0) is 25.2 Å². The monoisotopic (exact) mass is 596 g/mol. The summed E-state index contributed by atoms with van der Waals surface area (Å²) in [6, 6.07) is 10.9. The van der Waals surface area contributed by atoms with Crippen molar-refractivity contribution in [3.05, 3.63) is 64.4 Å². The molecule has 1 saturated heterocycles. The fraction of sp³-hybridized carbons (Fsp3) is 0.333. The number of rotatable bonds is 9. The van der Waals surface area contributed by atoms with Gasteiger partial charge in [-0.25, -0.2) is 4.79 Å². The smallest absolute Gasteiger partial charge is 0.417 e. The van der Waals surface area contributed by atoms with Gasteiger partial charge in [-0.1, -0.05) is 24.3 Å². The van der Waals surface area contributed by atoms with E-state index in [1.54, 1.807) is 19.9 Å². The van der Waals surface area contributed by atoms with Gasteiger partial charge in [0, 0.05) is 22.3 Å². The molecular formula is C27H28ClF3N4O6. The van der Waals surface area contributed by atoms with Crippen LogP contribution in [0.3, 0.4) is 0 Å². The first kappa shape index (κ1) is 31.6. The number of aromatic nitrogens is 1. The number of alkyl halides is 3. The number of hydrogen-bond acceptors (Lipinski definition) is 8. The zero-order valence-electron chi connectivity index (χ0n) is 22.0. The summed E-state index contributed by atoms with van der Waals surface area (Å²) < 4.78 is 51.4. The normalized spacial score (nSPS) is 15.4. The number of pyridine rings is 1. The van der Waals surface area contributed by atoms with Gasteiger partial charge in [-0.3, -0.25) is 19.3 Å². The average molecular weight is 597 g/mol. The van der Waals surface area contributed by atoms with E-state index in [1.807, 2.05) is 0 Å². The number of carbonyl (C=O) groups excluding carboxylic acids is 3. The minimum absolute atomic E-state index is 0. The fourth-order valence-corrected chi connectivity index (χ4v) is 4.33. The second kappa shape index (κ2) is 12.3. The van der Waals surface area contributed by atoms with E-state index < -0.39 is 41.1 Å². The third-order valence-corrected chi connectivity index (χ3v) is 6.45. The second-order valence-corrected chi connectivity index (χ2v) is 9.73. The SMILES string of the molecule is CC(C)(OC(=O)CNCC(=O)CN)[C@@H]1CN(c2ccc3cc(-c4ccccc4C(F)(F)F)[nH]c(=O)c3c2)C(=O)O1.Cl. The van der Waals surface area contributed by atoms with Crippen molar-refractivity contribution < 1.29 is 37.0 Å². The minimum atomic E-state index is -4.61. The largest absolute Gasteiger partial charge is 0.455 e. The van der Waals surface area contributed by atoms with Crippen molar-refractivity contribution in [3.8, 4) is 11.3 Å². The summed E-state index contributed by atoms with van der Waals surface area (Å²) in [4.78, 5) is 52.9. The molecule has 4 N–H and O–H groups in total. The molecule has 2 heterocycles. The Morgan fingerprint density at radius 3 is 2.51 bits per heavy atom. The van der Waals surface area contributed by atoms with E-state index in [2.05, 4.69) is 10.3 Å². The molecule has 1 atom stereocenters. The molecule has 1 amide bonds. The lowest BCUT2D eigenvalue weighted by molar-refractivity contribution is -0.164. The highest BCUT2D eigenvalue weighted by molar-refractivity contribution is 5.95. The van der Waals surface area contributed by atoms with Crippen molar-refractivity contribution in [2.75, 3.05) is 31.1 Å². The Bertz CT molecular complexity index is 1520. The van der Waals surface area contributed by atoms with Gasteiger partial charge >= 0.3 is 18.2 Å². The first-order valence-corrected chi connectivity index (χ1v) is 12.3. The van der Waals surface area contributed by atoms with Crippen LogP contribution < -0.4 is 21.5 Å².